The first-order valence-electron chi connectivity index (χ1n) is 21.7. The van der Waals surface area contributed by atoms with E-state index in [1.54, 1.807) is 0 Å². The number of para-hydroxylation sites is 3. The molecule has 4 nitrogen and oxygen atoms in total. The minimum Gasteiger partial charge on any atom is -0.307 e. The highest BCUT2D eigenvalue weighted by Gasteiger charge is 2.35. The quantitative estimate of drug-likeness (QED) is 0.165. The van der Waals surface area contributed by atoms with Crippen LogP contribution in [-0.4, -0.2) is 21.1 Å². The summed E-state index contributed by atoms with van der Waals surface area (Å²) < 4.78 is 2.37. The van der Waals surface area contributed by atoms with Gasteiger partial charge in [-0.05, 0) is 74.8 Å². The van der Waals surface area contributed by atoms with Gasteiger partial charge in [0.15, 0.2) is 5.84 Å². The predicted octanol–water partition coefficient (Wildman–Crippen LogP) is 14.7. The first kappa shape index (κ1) is 36.9. The van der Waals surface area contributed by atoms with Crippen molar-refractivity contribution in [3.05, 3.63) is 234 Å². The minimum absolute atomic E-state index is 0.0936. The van der Waals surface area contributed by atoms with Crippen molar-refractivity contribution in [1.29, 1.82) is 0 Å². The van der Waals surface area contributed by atoms with E-state index >= 15 is 0 Å². The summed E-state index contributed by atoms with van der Waals surface area (Å²) in [4.78, 5) is 16.0. The van der Waals surface area contributed by atoms with Crippen molar-refractivity contribution in [1.82, 2.24) is 9.55 Å². The topological polar surface area (TPSA) is 42.5 Å². The predicted molar refractivity (Wildman–Crippen MR) is 263 cm³/mol. The van der Waals surface area contributed by atoms with E-state index in [0.29, 0.717) is 12.3 Å². The summed E-state index contributed by atoms with van der Waals surface area (Å²) in [5, 5.41) is 3.59. The average molecular weight is 807 g/mol. The van der Waals surface area contributed by atoms with E-state index in [9.17, 15) is 0 Å². The van der Waals surface area contributed by atoms with Gasteiger partial charge in [-0.3, -0.25) is 0 Å². The number of hydrogen-bond acceptors (Lipinski definition) is 3. The number of benzene rings is 8. The molecule has 4 heteroatoms. The van der Waals surface area contributed by atoms with Gasteiger partial charge in [-0.1, -0.05) is 190 Å². The number of nitrogens with zero attached hydrogens (tertiary/aromatic N) is 4. The number of allylic oxidation sites excluding steroid dienone is 1. The molecule has 8 aromatic carbocycles. The Morgan fingerprint density at radius 1 is 0.476 bits per heavy atom. The van der Waals surface area contributed by atoms with Gasteiger partial charge >= 0.3 is 0 Å². The summed E-state index contributed by atoms with van der Waals surface area (Å²) in [6.07, 6.45) is 2.90. The SMILES string of the molecule is CC1(C)c2ccccc2-c2ccc(C3=NC(c4ccc(-c5ccc(-c6nc7ccccc7c7c8ccccc8n(-c8ccccc8)c67)cc5)cc4)=NC(c4ccccc4)=CC3)cc21. The summed E-state index contributed by atoms with van der Waals surface area (Å²) in [5.41, 5.74) is 19.0. The summed E-state index contributed by atoms with van der Waals surface area (Å²) in [7, 11) is 0. The lowest BCUT2D eigenvalue weighted by atomic mass is 9.81. The van der Waals surface area contributed by atoms with E-state index in [1.807, 2.05) is 6.07 Å². The molecule has 3 heterocycles. The fourth-order valence-electron chi connectivity index (χ4n) is 9.91. The molecule has 0 fully saturated rings. The van der Waals surface area contributed by atoms with Crippen molar-refractivity contribution in [2.75, 3.05) is 0 Å². The van der Waals surface area contributed by atoms with Gasteiger partial charge in [0, 0.05) is 44.8 Å². The van der Waals surface area contributed by atoms with Crippen LogP contribution in [0.4, 0.5) is 0 Å². The van der Waals surface area contributed by atoms with Crippen molar-refractivity contribution < 1.29 is 0 Å². The molecule has 0 saturated heterocycles. The van der Waals surface area contributed by atoms with E-state index in [4.69, 9.17) is 15.0 Å². The summed E-state index contributed by atoms with van der Waals surface area (Å²) >= 11 is 0. The van der Waals surface area contributed by atoms with Crippen LogP contribution in [0.15, 0.2) is 216 Å². The molecule has 0 atom stereocenters. The molecule has 2 aliphatic rings. The number of rotatable bonds is 6. The molecule has 12 rings (SSSR count). The van der Waals surface area contributed by atoms with Crippen LogP contribution >= 0.6 is 0 Å². The highest BCUT2D eigenvalue weighted by Crippen LogP contribution is 2.49. The van der Waals surface area contributed by atoms with Crippen LogP contribution in [0.2, 0.25) is 0 Å². The maximum absolute atomic E-state index is 5.37. The highest BCUT2D eigenvalue weighted by atomic mass is 15.0. The maximum Gasteiger partial charge on any atom is 0.160 e. The van der Waals surface area contributed by atoms with Crippen LogP contribution in [0.25, 0.3) is 77.6 Å². The zero-order valence-corrected chi connectivity index (χ0v) is 35.1. The zero-order valence-electron chi connectivity index (χ0n) is 35.1. The van der Waals surface area contributed by atoms with Crippen molar-refractivity contribution in [3.8, 4) is 39.2 Å². The third-order valence-corrected chi connectivity index (χ3v) is 13.1. The van der Waals surface area contributed by atoms with Gasteiger partial charge in [-0.2, -0.15) is 0 Å². The summed E-state index contributed by atoms with van der Waals surface area (Å²) in [5.74, 6) is 0.711. The molecule has 0 bridgehead atoms. The second-order valence-electron chi connectivity index (χ2n) is 17.1. The number of pyridine rings is 1. The lowest BCUT2D eigenvalue weighted by Crippen LogP contribution is -2.16. The van der Waals surface area contributed by atoms with Crippen LogP contribution in [-0.2, 0) is 5.41 Å². The molecule has 1 aliphatic heterocycles. The summed E-state index contributed by atoms with van der Waals surface area (Å²) in [6, 6.07) is 71.5. The third kappa shape index (κ3) is 6.09. The Balaban J connectivity index is 0.920. The molecule has 10 aromatic rings. The first-order valence-corrected chi connectivity index (χ1v) is 21.7. The van der Waals surface area contributed by atoms with Gasteiger partial charge in [0.1, 0.15) is 0 Å². The second kappa shape index (κ2) is 14.6. The molecule has 2 aromatic heterocycles. The van der Waals surface area contributed by atoms with Gasteiger partial charge in [-0.15, -0.1) is 0 Å². The zero-order chi connectivity index (χ0) is 42.1. The van der Waals surface area contributed by atoms with Gasteiger partial charge in [0.2, 0.25) is 0 Å². The minimum atomic E-state index is -0.0936. The van der Waals surface area contributed by atoms with Gasteiger partial charge < -0.3 is 4.57 Å². The van der Waals surface area contributed by atoms with Crippen LogP contribution in [0, 0.1) is 0 Å². The fourth-order valence-corrected chi connectivity index (χ4v) is 9.91. The van der Waals surface area contributed by atoms with E-state index in [0.717, 1.165) is 78.1 Å². The number of amidine groups is 1. The molecular formula is C59H42N4. The van der Waals surface area contributed by atoms with Gasteiger partial charge in [0.05, 0.1) is 33.7 Å². The third-order valence-electron chi connectivity index (χ3n) is 13.1. The van der Waals surface area contributed by atoms with E-state index < -0.39 is 0 Å². The molecule has 298 valence electrons. The van der Waals surface area contributed by atoms with Crippen LogP contribution in [0.3, 0.4) is 0 Å². The number of aromatic nitrogens is 2. The maximum atomic E-state index is 5.37. The average Bonchev–Trinajstić information content (AvgIpc) is 3.68. The van der Waals surface area contributed by atoms with E-state index in [-0.39, 0.29) is 5.41 Å². The molecule has 0 amide bonds. The van der Waals surface area contributed by atoms with Gasteiger partial charge in [0.25, 0.3) is 0 Å². The van der Waals surface area contributed by atoms with E-state index in [2.05, 4.69) is 219 Å². The van der Waals surface area contributed by atoms with Crippen molar-refractivity contribution >= 4 is 50.0 Å². The number of fused-ring (bicyclic) bond motifs is 8. The normalized spacial score (nSPS) is 14.2. The standard InChI is InChI=1S/C59H42N4/c1-59(2)49-22-12-9-19-45(49)46-34-33-43(37-50(46)59)52-36-35-51(40-15-5-3-6-16-40)61-58(62-52)42-31-27-39(28-32-42)38-25-29-41(30-26-38)56-57-55(47-20-10-13-23-53(47)60-56)48-21-11-14-24-54(48)63(57)44-17-7-4-8-18-44/h3-35,37H,36H2,1-2H3. The monoisotopic (exact) mass is 806 g/mol. The molecule has 0 saturated carbocycles. The number of hydrogen-bond donors (Lipinski definition) is 0. The highest BCUT2D eigenvalue weighted by molar-refractivity contribution is 6.23. The van der Waals surface area contributed by atoms with Crippen molar-refractivity contribution in [2.24, 2.45) is 9.98 Å². The van der Waals surface area contributed by atoms with Crippen molar-refractivity contribution in [3.63, 3.8) is 0 Å². The van der Waals surface area contributed by atoms with Crippen LogP contribution < -0.4 is 0 Å². The Bertz CT molecular complexity index is 3520. The Hall–Kier alpha value is -7.95. The Labute approximate surface area is 366 Å². The fraction of sp³-hybridized carbons (Fsp3) is 0.0678. The Morgan fingerprint density at radius 2 is 1.08 bits per heavy atom. The van der Waals surface area contributed by atoms with Crippen LogP contribution in [0.5, 0.6) is 0 Å². The molecule has 0 spiro atoms. The molecule has 0 N–H and O–H groups in total. The molecular weight excluding hydrogens is 765 g/mol. The first-order chi connectivity index (χ1) is 31.0. The second-order valence-corrected chi connectivity index (χ2v) is 17.1. The largest absolute Gasteiger partial charge is 0.307 e. The summed E-state index contributed by atoms with van der Waals surface area (Å²) in [6.45, 7) is 4.66. The van der Waals surface area contributed by atoms with Crippen LogP contribution in [0.1, 0.15) is 48.1 Å². The van der Waals surface area contributed by atoms with Gasteiger partial charge in [-0.25, -0.2) is 15.0 Å². The molecule has 63 heavy (non-hydrogen) atoms. The Kier molecular flexibility index (Phi) is 8.55. The molecule has 0 unspecified atom stereocenters. The number of aliphatic imine (C=N–C) groups is 2. The lowest BCUT2D eigenvalue weighted by Gasteiger charge is -2.22. The Morgan fingerprint density at radius 3 is 1.86 bits per heavy atom. The van der Waals surface area contributed by atoms with E-state index in [1.165, 1.54) is 33.0 Å². The molecule has 1 aliphatic carbocycles. The molecule has 0 radical (unpaired) electrons. The van der Waals surface area contributed by atoms with Crippen molar-refractivity contribution in [2.45, 2.75) is 25.7 Å². The lowest BCUT2D eigenvalue weighted by molar-refractivity contribution is 0.660. The smallest absolute Gasteiger partial charge is 0.160 e.